The summed E-state index contributed by atoms with van der Waals surface area (Å²) in [5, 5.41) is 17.6. The van der Waals surface area contributed by atoms with Gasteiger partial charge in [-0.05, 0) is 131 Å². The molecule has 0 saturated carbocycles. The van der Waals surface area contributed by atoms with Crippen LogP contribution in [0, 0.1) is 31.9 Å². The van der Waals surface area contributed by atoms with Crippen LogP contribution in [0.25, 0.3) is 116 Å². The van der Waals surface area contributed by atoms with E-state index in [1.54, 1.807) is 0 Å². The molecule has 0 fully saturated rings. The molecule has 8 heteroatoms. The third-order valence-corrected chi connectivity index (χ3v) is 14.7. The number of aryl methyl sites for hydroxylation is 1. The Morgan fingerprint density at radius 3 is 2.04 bits per heavy atom. The predicted molar refractivity (Wildman–Crippen MR) is 304 cm³/mol. The summed E-state index contributed by atoms with van der Waals surface area (Å²) < 4.78 is 18.3. The van der Waals surface area contributed by atoms with Gasteiger partial charge in [0.05, 0.1) is 28.9 Å². The van der Waals surface area contributed by atoms with Crippen molar-refractivity contribution in [1.29, 1.82) is 0 Å². The van der Waals surface area contributed by atoms with Crippen LogP contribution < -0.4 is 4.74 Å². The van der Waals surface area contributed by atoms with Crippen molar-refractivity contribution < 1.29 is 30.2 Å². The Morgan fingerprint density at radius 1 is 0.547 bits per heavy atom. The van der Waals surface area contributed by atoms with Crippen LogP contribution in [0.4, 0.5) is 0 Å². The number of ether oxygens (including phenoxy) is 1. The first kappa shape index (κ1) is 47.5. The topological polar surface area (TPSA) is 62.4 Å². The second-order valence-electron chi connectivity index (χ2n) is 19.3. The molecular formula is C67H51N5O2Pt. The van der Waals surface area contributed by atoms with E-state index in [1.165, 1.54) is 60.4 Å². The summed E-state index contributed by atoms with van der Waals surface area (Å²) in [6.07, 6.45) is 2.99. The van der Waals surface area contributed by atoms with Crippen LogP contribution in [-0.2, 0) is 21.1 Å². The molecule has 0 bridgehead atoms. The normalized spacial score (nSPS) is 11.9. The smallest absolute Gasteiger partial charge is 0.493 e. The molecule has 0 aliphatic heterocycles. The first-order valence-electron chi connectivity index (χ1n) is 25.4. The van der Waals surface area contributed by atoms with Gasteiger partial charge in [-0.15, -0.1) is 11.5 Å². The summed E-state index contributed by atoms with van der Waals surface area (Å²) >= 11 is 0. The van der Waals surface area contributed by atoms with Gasteiger partial charge in [0.15, 0.2) is 0 Å². The number of aromatic nitrogens is 5. The second kappa shape index (κ2) is 19.7. The van der Waals surface area contributed by atoms with E-state index in [0.717, 1.165) is 85.5 Å². The van der Waals surface area contributed by atoms with Gasteiger partial charge in [0, 0.05) is 44.7 Å². The monoisotopic (exact) mass is 1150 g/mol. The molecule has 0 N–H and O–H groups in total. The Hall–Kier alpha value is -8.51. The van der Waals surface area contributed by atoms with Crippen molar-refractivity contribution in [2.24, 2.45) is 5.92 Å². The first-order valence-corrected chi connectivity index (χ1v) is 25.4. The van der Waals surface area contributed by atoms with Crippen LogP contribution in [0.1, 0.15) is 31.7 Å². The van der Waals surface area contributed by atoms with Crippen molar-refractivity contribution in [3.8, 4) is 50.5 Å². The molecule has 0 aliphatic rings. The van der Waals surface area contributed by atoms with Crippen LogP contribution in [0.5, 0.6) is 5.75 Å². The van der Waals surface area contributed by atoms with Crippen molar-refractivity contribution in [2.75, 3.05) is 6.61 Å². The number of nitrogens with zero attached hydrogens (tertiary/aromatic N) is 5. The molecule has 0 saturated heterocycles. The average Bonchev–Trinajstić information content (AvgIpc) is 4.29. The molecule has 0 radical (unpaired) electrons. The molecule has 1 atom stereocenters. The number of pyridine rings is 1. The molecule has 7 nitrogen and oxygen atoms in total. The van der Waals surface area contributed by atoms with E-state index in [4.69, 9.17) is 14.3 Å². The SMILES string of the molecule is CCC(C)COc1ccc(-c2c(C)nn(-c3[c-]cccc3)c2C)cc1.[Pt+2].[c-]1cccc2c3cc(-c4cccc(-n5c6ccccc6c6cc(-c7ccc8oc9ccccc9c8c7)ccc65)c4)ccc3c3ccnn3c12. The van der Waals surface area contributed by atoms with Gasteiger partial charge in [-0.1, -0.05) is 117 Å². The van der Waals surface area contributed by atoms with Crippen LogP contribution >= 0.6 is 0 Å². The molecule has 75 heavy (non-hydrogen) atoms. The molecule has 366 valence electrons. The molecule has 5 aromatic heterocycles. The van der Waals surface area contributed by atoms with Gasteiger partial charge in [-0.25, -0.2) is 0 Å². The van der Waals surface area contributed by atoms with Crippen LogP contribution in [0.2, 0.25) is 0 Å². The van der Waals surface area contributed by atoms with E-state index in [1.807, 2.05) is 70.0 Å². The standard InChI is InChI=1S/C45H26N3O.C22H25N2O.Pt/c1-4-13-40-34(11-1)38-26-30(31-18-21-45-39(27-31)36-12-3-6-15-44(36)49-45)17-20-41(38)47(40)32-9-7-8-28(24-32)29-16-19-35-37(25-29)33-10-2-5-14-42(33)48-43(35)22-23-46-48;1-5-16(2)15-25-21-13-11-19(12-14-21)22-17(3)23-24(18(22)4)20-9-7-6-8-10-20;/h1-13,15-27H;6-9,11-14,16H,5,15H2,1-4H3;/q2*-1;+2. The second-order valence-corrected chi connectivity index (χ2v) is 19.3. The molecule has 0 amide bonds. The largest absolute Gasteiger partial charge is 2.00 e. The average molecular weight is 1150 g/mol. The van der Waals surface area contributed by atoms with Gasteiger partial charge in [-0.2, -0.15) is 58.7 Å². The summed E-state index contributed by atoms with van der Waals surface area (Å²) in [5.41, 5.74) is 17.5. The minimum absolute atomic E-state index is 0. The fraction of sp³-hybridized carbons (Fsp3) is 0.104. The molecule has 14 aromatic rings. The van der Waals surface area contributed by atoms with Crippen LogP contribution in [-0.4, -0.2) is 30.6 Å². The molecule has 9 aromatic carbocycles. The zero-order chi connectivity index (χ0) is 49.9. The minimum atomic E-state index is 0. The van der Waals surface area contributed by atoms with Gasteiger partial charge in [0.1, 0.15) is 16.9 Å². The Kier molecular flexibility index (Phi) is 12.5. The van der Waals surface area contributed by atoms with Gasteiger partial charge in [0.2, 0.25) is 0 Å². The Labute approximate surface area is 449 Å². The van der Waals surface area contributed by atoms with Crippen molar-refractivity contribution in [3.63, 3.8) is 0 Å². The number of furan rings is 1. The number of para-hydroxylation sites is 4. The third kappa shape index (κ3) is 8.47. The van der Waals surface area contributed by atoms with E-state index in [2.05, 4.69) is 195 Å². The Morgan fingerprint density at radius 2 is 1.21 bits per heavy atom. The van der Waals surface area contributed by atoms with Gasteiger partial charge in [-0.3, -0.25) is 9.20 Å². The molecule has 1 unspecified atom stereocenters. The maximum atomic E-state index is 6.11. The summed E-state index contributed by atoms with van der Waals surface area (Å²) in [6.45, 7) is 9.30. The quantitative estimate of drug-likeness (QED) is 0.107. The van der Waals surface area contributed by atoms with E-state index in [0.29, 0.717) is 5.92 Å². The number of hydrogen-bond donors (Lipinski definition) is 0. The fourth-order valence-electron chi connectivity index (χ4n) is 10.7. The summed E-state index contributed by atoms with van der Waals surface area (Å²) in [7, 11) is 0. The molecule has 0 spiro atoms. The number of benzene rings is 9. The fourth-order valence-corrected chi connectivity index (χ4v) is 10.7. The Bertz CT molecular complexity index is 4410. The van der Waals surface area contributed by atoms with E-state index >= 15 is 0 Å². The summed E-state index contributed by atoms with van der Waals surface area (Å²) in [6, 6.07) is 77.1. The Balaban J connectivity index is 0.000000186. The maximum absolute atomic E-state index is 6.11. The third-order valence-electron chi connectivity index (χ3n) is 14.7. The zero-order valence-electron chi connectivity index (χ0n) is 42.0. The van der Waals surface area contributed by atoms with Crippen molar-refractivity contribution in [1.82, 2.24) is 24.0 Å². The van der Waals surface area contributed by atoms with Crippen molar-refractivity contribution in [3.05, 3.63) is 230 Å². The molecule has 14 rings (SSSR count). The number of hydrogen-bond acceptors (Lipinski definition) is 4. The van der Waals surface area contributed by atoms with Gasteiger partial charge in [0.25, 0.3) is 0 Å². The van der Waals surface area contributed by atoms with E-state index in [-0.39, 0.29) is 21.1 Å². The van der Waals surface area contributed by atoms with Crippen LogP contribution in [0.3, 0.4) is 0 Å². The van der Waals surface area contributed by atoms with E-state index in [9.17, 15) is 0 Å². The molecule has 0 aliphatic carbocycles. The minimum Gasteiger partial charge on any atom is -0.493 e. The first-order chi connectivity index (χ1) is 36.4. The number of fused-ring (bicyclic) bond motifs is 12. The summed E-state index contributed by atoms with van der Waals surface area (Å²) in [5.74, 6) is 1.49. The molecule has 5 heterocycles. The number of rotatable bonds is 9. The zero-order valence-corrected chi connectivity index (χ0v) is 44.3. The van der Waals surface area contributed by atoms with E-state index < -0.39 is 0 Å². The van der Waals surface area contributed by atoms with Crippen molar-refractivity contribution >= 4 is 70.9 Å². The van der Waals surface area contributed by atoms with Crippen molar-refractivity contribution in [2.45, 2.75) is 34.1 Å². The van der Waals surface area contributed by atoms with Gasteiger partial charge < -0.3 is 13.7 Å². The predicted octanol–water partition coefficient (Wildman–Crippen LogP) is 17.2. The van der Waals surface area contributed by atoms with Crippen LogP contribution in [0.15, 0.2) is 211 Å². The summed E-state index contributed by atoms with van der Waals surface area (Å²) in [4.78, 5) is 0. The maximum Gasteiger partial charge on any atom is 2.00 e. The van der Waals surface area contributed by atoms with Gasteiger partial charge >= 0.3 is 21.1 Å². The molecular weight excluding hydrogens is 1100 g/mol.